The minimum absolute atomic E-state index is 0.212. The number of carbonyl (C=O) groups is 1. The number of likely N-dealkylation sites (tertiary alicyclic amines) is 1. The Morgan fingerprint density at radius 2 is 2.00 bits per heavy atom. The van der Waals surface area contributed by atoms with Crippen LogP contribution in [0.25, 0.3) is 11.0 Å². The summed E-state index contributed by atoms with van der Waals surface area (Å²) in [5, 5.41) is 14.9. The number of piperidine rings is 1. The minimum Gasteiger partial charge on any atom is -0.491 e. The molecule has 1 aliphatic heterocycles. The van der Waals surface area contributed by atoms with E-state index in [2.05, 4.69) is 43.5 Å². The molecule has 3 aromatic heterocycles. The van der Waals surface area contributed by atoms with Crippen LogP contribution in [-0.2, 0) is 6.54 Å². The molecule has 33 heavy (non-hydrogen) atoms. The van der Waals surface area contributed by atoms with E-state index < -0.39 is 5.97 Å². The van der Waals surface area contributed by atoms with Crippen LogP contribution in [0.2, 0.25) is 0 Å². The van der Waals surface area contributed by atoms with Gasteiger partial charge in [0, 0.05) is 30.9 Å². The van der Waals surface area contributed by atoms with Gasteiger partial charge in [0.15, 0.2) is 0 Å². The van der Waals surface area contributed by atoms with Crippen molar-refractivity contribution in [1.82, 2.24) is 14.5 Å². The highest BCUT2D eigenvalue weighted by Crippen LogP contribution is 2.34. The second kappa shape index (κ2) is 9.77. The molecule has 0 bridgehead atoms. The Bertz CT molecular complexity index is 1230. The molecule has 1 fully saturated rings. The summed E-state index contributed by atoms with van der Waals surface area (Å²) in [6.07, 6.45) is 6.37. The van der Waals surface area contributed by atoms with Gasteiger partial charge in [0.1, 0.15) is 23.6 Å². The van der Waals surface area contributed by atoms with E-state index in [4.69, 9.17) is 4.74 Å². The molecule has 1 N–H and O–H groups in total. The van der Waals surface area contributed by atoms with Crippen molar-refractivity contribution in [2.75, 3.05) is 26.2 Å². The lowest BCUT2D eigenvalue weighted by atomic mass is 9.89. The van der Waals surface area contributed by atoms with E-state index in [1.54, 1.807) is 35.6 Å². The fourth-order valence-electron chi connectivity index (χ4n) is 4.70. The van der Waals surface area contributed by atoms with Crippen molar-refractivity contribution < 1.29 is 14.6 Å². The van der Waals surface area contributed by atoms with Crippen LogP contribution in [0.3, 0.4) is 0 Å². The standard InChI is InChI=1S/C26H27N3O3S/c30-26(31)22-4-1-2-6-24(22)32-14-13-28-11-7-20(8-12-28)23-17-29(16-19-9-15-33-18-19)25-21(23)5-3-10-27-25/h1-6,9-10,15,17-18,20H,7-8,11-14,16H2,(H,30,31). The maximum Gasteiger partial charge on any atom is 0.339 e. The molecule has 1 aliphatic rings. The number of carboxylic acids is 1. The van der Waals surface area contributed by atoms with Crippen LogP contribution in [0.1, 0.15) is 40.2 Å². The largest absolute Gasteiger partial charge is 0.491 e. The lowest BCUT2D eigenvalue weighted by Gasteiger charge is -2.31. The first kappa shape index (κ1) is 21.7. The second-order valence-corrected chi connectivity index (χ2v) is 9.26. The zero-order chi connectivity index (χ0) is 22.6. The van der Waals surface area contributed by atoms with E-state index in [1.165, 1.54) is 16.5 Å². The smallest absolute Gasteiger partial charge is 0.339 e. The molecule has 4 aromatic rings. The van der Waals surface area contributed by atoms with Gasteiger partial charge in [0.25, 0.3) is 0 Å². The summed E-state index contributed by atoms with van der Waals surface area (Å²) in [5.41, 5.74) is 3.99. The highest BCUT2D eigenvalue weighted by Gasteiger charge is 2.24. The molecule has 1 aromatic carbocycles. The molecule has 0 aliphatic carbocycles. The van der Waals surface area contributed by atoms with E-state index >= 15 is 0 Å². The number of carboxylic acid groups (broad SMARTS) is 1. The van der Waals surface area contributed by atoms with Crippen molar-refractivity contribution in [1.29, 1.82) is 0 Å². The van der Waals surface area contributed by atoms with Crippen LogP contribution in [0.4, 0.5) is 0 Å². The fraction of sp³-hybridized carbons (Fsp3) is 0.308. The van der Waals surface area contributed by atoms with Crippen molar-refractivity contribution in [3.05, 3.63) is 82.3 Å². The van der Waals surface area contributed by atoms with Crippen molar-refractivity contribution in [3.8, 4) is 5.75 Å². The molecule has 170 valence electrons. The molecular weight excluding hydrogens is 434 g/mol. The zero-order valence-electron chi connectivity index (χ0n) is 18.4. The molecule has 0 unspecified atom stereocenters. The van der Waals surface area contributed by atoms with E-state index in [-0.39, 0.29) is 5.56 Å². The Hall–Kier alpha value is -3.16. The van der Waals surface area contributed by atoms with Crippen LogP contribution in [0.15, 0.2) is 65.6 Å². The number of para-hydroxylation sites is 1. The number of pyridine rings is 1. The summed E-state index contributed by atoms with van der Waals surface area (Å²) in [6.45, 7) is 4.14. The van der Waals surface area contributed by atoms with Crippen LogP contribution in [-0.4, -0.2) is 51.8 Å². The molecule has 1 saturated heterocycles. The van der Waals surface area contributed by atoms with Crippen LogP contribution in [0, 0.1) is 0 Å². The van der Waals surface area contributed by atoms with E-state index in [1.807, 2.05) is 12.3 Å². The lowest BCUT2D eigenvalue weighted by molar-refractivity contribution is 0.0691. The lowest BCUT2D eigenvalue weighted by Crippen LogP contribution is -2.35. The fourth-order valence-corrected chi connectivity index (χ4v) is 5.36. The van der Waals surface area contributed by atoms with Crippen LogP contribution < -0.4 is 4.74 Å². The molecule has 5 rings (SSSR count). The molecule has 0 spiro atoms. The Morgan fingerprint density at radius 1 is 1.15 bits per heavy atom. The number of hydrogen-bond donors (Lipinski definition) is 1. The first-order valence-corrected chi connectivity index (χ1v) is 12.3. The van der Waals surface area contributed by atoms with E-state index in [9.17, 15) is 9.90 Å². The van der Waals surface area contributed by atoms with Crippen molar-refractivity contribution in [2.45, 2.75) is 25.3 Å². The summed E-state index contributed by atoms with van der Waals surface area (Å²) in [5.74, 6) is -0.00443. The van der Waals surface area contributed by atoms with Gasteiger partial charge in [-0.2, -0.15) is 11.3 Å². The molecule has 0 atom stereocenters. The van der Waals surface area contributed by atoms with Gasteiger partial charge in [-0.05, 0) is 84.1 Å². The van der Waals surface area contributed by atoms with Crippen LogP contribution in [0.5, 0.6) is 5.75 Å². The summed E-state index contributed by atoms with van der Waals surface area (Å²) in [4.78, 5) is 18.4. The van der Waals surface area contributed by atoms with Gasteiger partial charge in [0.2, 0.25) is 0 Å². The quantitative estimate of drug-likeness (QED) is 0.395. The first-order valence-electron chi connectivity index (χ1n) is 11.3. The monoisotopic (exact) mass is 461 g/mol. The van der Waals surface area contributed by atoms with Gasteiger partial charge in [0.05, 0.1) is 0 Å². The van der Waals surface area contributed by atoms with E-state index in [0.29, 0.717) is 18.3 Å². The van der Waals surface area contributed by atoms with Gasteiger partial charge in [-0.3, -0.25) is 4.90 Å². The first-order chi connectivity index (χ1) is 16.2. The predicted octanol–water partition coefficient (Wildman–Crippen LogP) is 5.10. The number of benzene rings is 1. The second-order valence-electron chi connectivity index (χ2n) is 8.48. The molecule has 6 nitrogen and oxygen atoms in total. The Labute approximate surface area is 197 Å². The van der Waals surface area contributed by atoms with Gasteiger partial charge in [-0.15, -0.1) is 0 Å². The third kappa shape index (κ3) is 4.79. The maximum absolute atomic E-state index is 11.3. The number of rotatable bonds is 8. The average molecular weight is 462 g/mol. The summed E-state index contributed by atoms with van der Waals surface area (Å²) in [6, 6.07) is 13.2. The topological polar surface area (TPSA) is 67.6 Å². The Kier molecular flexibility index (Phi) is 6.41. The Morgan fingerprint density at radius 3 is 2.79 bits per heavy atom. The summed E-state index contributed by atoms with van der Waals surface area (Å²) in [7, 11) is 0. The van der Waals surface area contributed by atoms with Crippen molar-refractivity contribution in [3.63, 3.8) is 0 Å². The highest BCUT2D eigenvalue weighted by atomic mass is 32.1. The number of nitrogens with zero attached hydrogens (tertiary/aromatic N) is 3. The van der Waals surface area contributed by atoms with E-state index in [0.717, 1.165) is 44.7 Å². The highest BCUT2D eigenvalue weighted by molar-refractivity contribution is 7.07. The average Bonchev–Trinajstić information content (AvgIpc) is 3.48. The number of hydrogen-bond acceptors (Lipinski definition) is 5. The third-order valence-electron chi connectivity index (χ3n) is 6.41. The molecule has 0 saturated carbocycles. The summed E-state index contributed by atoms with van der Waals surface area (Å²) >= 11 is 1.73. The van der Waals surface area contributed by atoms with Gasteiger partial charge < -0.3 is 14.4 Å². The van der Waals surface area contributed by atoms with Crippen molar-refractivity contribution in [2.24, 2.45) is 0 Å². The number of aromatic nitrogens is 2. The van der Waals surface area contributed by atoms with Crippen molar-refractivity contribution >= 4 is 28.3 Å². The Balaban J connectivity index is 1.21. The van der Waals surface area contributed by atoms with Crippen LogP contribution >= 0.6 is 11.3 Å². The molecule has 0 radical (unpaired) electrons. The zero-order valence-corrected chi connectivity index (χ0v) is 19.2. The van der Waals surface area contributed by atoms with Gasteiger partial charge in [-0.25, -0.2) is 9.78 Å². The predicted molar refractivity (Wildman–Crippen MR) is 130 cm³/mol. The molecule has 7 heteroatoms. The molecule has 0 amide bonds. The molecular formula is C26H27N3O3S. The van der Waals surface area contributed by atoms with Gasteiger partial charge >= 0.3 is 5.97 Å². The maximum atomic E-state index is 11.3. The number of aromatic carboxylic acids is 1. The molecule has 4 heterocycles. The summed E-state index contributed by atoms with van der Waals surface area (Å²) < 4.78 is 8.07. The number of fused-ring (bicyclic) bond motifs is 1. The van der Waals surface area contributed by atoms with Gasteiger partial charge in [-0.1, -0.05) is 12.1 Å². The normalized spacial score (nSPS) is 15.2. The number of thiophene rings is 1. The third-order valence-corrected chi connectivity index (χ3v) is 7.14. The minimum atomic E-state index is -0.959. The SMILES string of the molecule is O=C(O)c1ccccc1OCCN1CCC(c2cn(Cc3ccsc3)c3ncccc23)CC1. The number of ether oxygens (including phenoxy) is 1.